The van der Waals surface area contributed by atoms with Gasteiger partial charge < -0.3 is 15.4 Å². The molecule has 0 fully saturated rings. The van der Waals surface area contributed by atoms with Crippen molar-refractivity contribution in [3.05, 3.63) is 78.1 Å². The van der Waals surface area contributed by atoms with E-state index in [9.17, 15) is 9.59 Å². The van der Waals surface area contributed by atoms with E-state index >= 15 is 0 Å². The van der Waals surface area contributed by atoms with Crippen molar-refractivity contribution in [2.75, 3.05) is 23.5 Å². The number of pyridine rings is 1. The Morgan fingerprint density at radius 2 is 1.76 bits per heavy atom. The number of thioether (sulfide) groups is 1. The number of aryl methyl sites for hydroxylation is 2. The zero-order valence-corrected chi connectivity index (χ0v) is 21.7. The van der Waals surface area contributed by atoms with E-state index in [1.54, 1.807) is 55.9 Å². The van der Waals surface area contributed by atoms with Crippen molar-refractivity contribution in [1.29, 1.82) is 0 Å². The Hall–Kier alpha value is -4.18. The van der Waals surface area contributed by atoms with Crippen LogP contribution in [0.15, 0.2) is 72.1 Å². The molecule has 10 heteroatoms. The first-order chi connectivity index (χ1) is 18.0. The lowest BCUT2D eigenvalue weighted by atomic mass is 10.1. The average Bonchev–Trinajstić information content (AvgIpc) is 3.32. The molecule has 0 spiro atoms. The van der Waals surface area contributed by atoms with E-state index in [0.29, 0.717) is 22.4 Å². The number of nitrogens with zero attached hydrogens (tertiary/aromatic N) is 4. The summed E-state index contributed by atoms with van der Waals surface area (Å²) in [6.07, 6.45) is 4.11. The molecule has 0 radical (unpaired) electrons. The quantitative estimate of drug-likeness (QED) is 0.297. The number of hydrogen-bond acceptors (Lipinski definition) is 7. The van der Waals surface area contributed by atoms with Crippen molar-refractivity contribution < 1.29 is 14.3 Å². The Morgan fingerprint density at radius 1 is 1.00 bits per heavy atom. The molecule has 9 nitrogen and oxygen atoms in total. The molecule has 2 aromatic carbocycles. The van der Waals surface area contributed by atoms with Gasteiger partial charge in [-0.05, 0) is 60.9 Å². The van der Waals surface area contributed by atoms with E-state index < -0.39 is 0 Å². The molecule has 0 bridgehead atoms. The normalized spacial score (nSPS) is 10.7. The molecule has 0 aliphatic heterocycles. The van der Waals surface area contributed by atoms with Crippen molar-refractivity contribution in [2.24, 2.45) is 0 Å². The number of hydrogen-bond donors (Lipinski definition) is 2. The molecule has 2 heterocycles. The molecule has 4 aromatic rings. The second kappa shape index (κ2) is 12.2. The fourth-order valence-electron chi connectivity index (χ4n) is 3.68. The van der Waals surface area contributed by atoms with Gasteiger partial charge in [0.15, 0.2) is 11.0 Å². The maximum Gasteiger partial charge on any atom is 0.246 e. The molecule has 0 unspecified atom stereocenters. The third-order valence-corrected chi connectivity index (χ3v) is 6.55. The van der Waals surface area contributed by atoms with E-state index in [2.05, 4.69) is 32.6 Å². The molecule has 0 saturated carbocycles. The number of nitrogens with one attached hydrogen (secondary N) is 2. The van der Waals surface area contributed by atoms with E-state index in [0.717, 1.165) is 28.8 Å². The Bertz CT molecular complexity index is 1370. The van der Waals surface area contributed by atoms with Gasteiger partial charge in [0.05, 0.1) is 12.9 Å². The summed E-state index contributed by atoms with van der Waals surface area (Å²) in [5, 5.41) is 10.9. The standard InChI is InChI=1S/C27H28N6O3S/c1-4-19-7-5-6-18(2)25(19)30-23(34)16-33-27(31-26(32-33)20-12-14-28-15-13-20)37-17-24(35)29-21-8-10-22(36-3)11-9-21/h5-15H,4,16-17H2,1-3H3,(H,29,35)(H,30,34). The number of anilines is 2. The Labute approximate surface area is 219 Å². The van der Waals surface area contributed by atoms with Crippen LogP contribution in [0.1, 0.15) is 18.1 Å². The molecular formula is C27H28N6O3S. The van der Waals surface area contributed by atoms with Crippen molar-refractivity contribution in [3.63, 3.8) is 0 Å². The van der Waals surface area contributed by atoms with Crippen LogP contribution in [0.4, 0.5) is 11.4 Å². The number of carbonyl (C=O) groups excluding carboxylic acids is 2. The molecule has 0 atom stereocenters. The van der Waals surface area contributed by atoms with Crippen LogP contribution in [0, 0.1) is 6.92 Å². The number of carbonyl (C=O) groups is 2. The van der Waals surface area contributed by atoms with Crippen molar-refractivity contribution in [3.8, 4) is 17.1 Å². The molecule has 2 N–H and O–H groups in total. The first-order valence-corrected chi connectivity index (χ1v) is 12.8. The minimum absolute atomic E-state index is 0.0436. The minimum Gasteiger partial charge on any atom is -0.497 e. The highest BCUT2D eigenvalue weighted by Gasteiger charge is 2.17. The van der Waals surface area contributed by atoms with E-state index in [-0.39, 0.29) is 24.1 Å². The summed E-state index contributed by atoms with van der Waals surface area (Å²) in [7, 11) is 1.59. The number of benzene rings is 2. The van der Waals surface area contributed by atoms with Crippen LogP contribution in [-0.2, 0) is 22.6 Å². The first-order valence-electron chi connectivity index (χ1n) is 11.8. The first kappa shape index (κ1) is 25.9. The molecular weight excluding hydrogens is 488 g/mol. The molecule has 4 rings (SSSR count). The minimum atomic E-state index is -0.222. The summed E-state index contributed by atoms with van der Waals surface area (Å²) >= 11 is 1.21. The fraction of sp³-hybridized carbons (Fsp3) is 0.222. The van der Waals surface area contributed by atoms with Crippen LogP contribution in [0.2, 0.25) is 0 Å². The molecule has 2 aromatic heterocycles. The number of methoxy groups -OCH3 is 1. The molecule has 0 saturated heterocycles. The van der Waals surface area contributed by atoms with Gasteiger partial charge in [-0.2, -0.15) is 0 Å². The second-order valence-corrected chi connectivity index (χ2v) is 9.13. The van der Waals surface area contributed by atoms with Crippen LogP contribution in [0.3, 0.4) is 0 Å². The maximum absolute atomic E-state index is 13.0. The van der Waals surface area contributed by atoms with Crippen LogP contribution < -0.4 is 15.4 Å². The molecule has 37 heavy (non-hydrogen) atoms. The summed E-state index contributed by atoms with van der Waals surface area (Å²) in [5.41, 5.74) is 4.31. The van der Waals surface area contributed by atoms with Crippen LogP contribution in [0.25, 0.3) is 11.4 Å². The lowest BCUT2D eigenvalue weighted by Gasteiger charge is -2.13. The van der Waals surface area contributed by atoms with Crippen LogP contribution in [-0.4, -0.2) is 44.4 Å². The Kier molecular flexibility index (Phi) is 8.52. The van der Waals surface area contributed by atoms with Gasteiger partial charge in [0.2, 0.25) is 11.8 Å². The van der Waals surface area contributed by atoms with Crippen molar-refractivity contribution in [2.45, 2.75) is 32.0 Å². The van der Waals surface area contributed by atoms with Gasteiger partial charge in [0.1, 0.15) is 12.3 Å². The van der Waals surface area contributed by atoms with Gasteiger partial charge in [-0.15, -0.1) is 5.10 Å². The topological polar surface area (TPSA) is 111 Å². The molecule has 0 aliphatic rings. The van der Waals surface area contributed by atoms with Gasteiger partial charge in [0, 0.05) is 29.3 Å². The summed E-state index contributed by atoms with van der Waals surface area (Å²) in [4.78, 5) is 34.3. The van der Waals surface area contributed by atoms with Gasteiger partial charge >= 0.3 is 0 Å². The summed E-state index contributed by atoms with van der Waals surface area (Å²) < 4.78 is 6.68. The summed E-state index contributed by atoms with van der Waals surface area (Å²) in [6, 6.07) is 16.6. The van der Waals surface area contributed by atoms with Gasteiger partial charge in [-0.3, -0.25) is 14.6 Å². The van der Waals surface area contributed by atoms with Crippen LogP contribution in [0.5, 0.6) is 5.75 Å². The third kappa shape index (κ3) is 6.73. The highest BCUT2D eigenvalue weighted by Crippen LogP contribution is 2.24. The van der Waals surface area contributed by atoms with Gasteiger partial charge in [-0.1, -0.05) is 36.9 Å². The SMILES string of the molecule is CCc1cccc(C)c1NC(=O)Cn1nc(-c2ccncc2)nc1SCC(=O)Nc1ccc(OC)cc1. The number of aromatic nitrogens is 4. The zero-order valence-electron chi connectivity index (χ0n) is 20.9. The summed E-state index contributed by atoms with van der Waals surface area (Å²) in [5.74, 6) is 0.837. The van der Waals surface area contributed by atoms with Crippen molar-refractivity contribution >= 4 is 35.0 Å². The van der Waals surface area contributed by atoms with E-state index in [1.807, 2.05) is 25.1 Å². The molecule has 0 aliphatic carbocycles. The molecule has 190 valence electrons. The smallest absolute Gasteiger partial charge is 0.246 e. The monoisotopic (exact) mass is 516 g/mol. The Morgan fingerprint density at radius 3 is 2.46 bits per heavy atom. The molecule has 2 amide bonds. The van der Waals surface area contributed by atoms with Crippen LogP contribution >= 0.6 is 11.8 Å². The van der Waals surface area contributed by atoms with E-state index in [1.165, 1.54) is 16.4 Å². The lowest BCUT2D eigenvalue weighted by Crippen LogP contribution is -2.22. The number of rotatable bonds is 10. The van der Waals surface area contributed by atoms with E-state index in [4.69, 9.17) is 4.74 Å². The largest absolute Gasteiger partial charge is 0.497 e. The highest BCUT2D eigenvalue weighted by atomic mass is 32.2. The van der Waals surface area contributed by atoms with Gasteiger partial charge in [-0.25, -0.2) is 9.67 Å². The van der Waals surface area contributed by atoms with Gasteiger partial charge in [0.25, 0.3) is 0 Å². The average molecular weight is 517 g/mol. The number of amides is 2. The number of para-hydroxylation sites is 1. The summed E-state index contributed by atoms with van der Waals surface area (Å²) in [6.45, 7) is 3.97. The second-order valence-electron chi connectivity index (χ2n) is 8.19. The van der Waals surface area contributed by atoms with Crippen molar-refractivity contribution in [1.82, 2.24) is 19.7 Å². The third-order valence-electron chi connectivity index (χ3n) is 5.58. The fourth-order valence-corrected chi connectivity index (χ4v) is 4.42. The lowest BCUT2D eigenvalue weighted by molar-refractivity contribution is -0.117. The predicted octanol–water partition coefficient (Wildman–Crippen LogP) is 4.59. The predicted molar refractivity (Wildman–Crippen MR) is 145 cm³/mol. The zero-order chi connectivity index (χ0) is 26.2. The Balaban J connectivity index is 1.49. The highest BCUT2D eigenvalue weighted by molar-refractivity contribution is 7.99. The number of ether oxygens (including phenoxy) is 1. The maximum atomic E-state index is 13.0.